The molecule has 0 radical (unpaired) electrons. The molecule has 7 nitrogen and oxygen atoms in total. The molecule has 1 N–H and O–H groups in total. The quantitative estimate of drug-likeness (QED) is 0.662. The van der Waals surface area contributed by atoms with Gasteiger partial charge in [-0.3, -0.25) is 9.59 Å². The van der Waals surface area contributed by atoms with E-state index < -0.39 is 5.91 Å². The van der Waals surface area contributed by atoms with Gasteiger partial charge in [-0.2, -0.15) is 0 Å². The summed E-state index contributed by atoms with van der Waals surface area (Å²) in [6, 6.07) is 11.3. The number of rotatable bonds is 5. The second-order valence-electron chi connectivity index (χ2n) is 7.47. The molecule has 0 unspecified atom stereocenters. The number of aromatic nitrogens is 1. The summed E-state index contributed by atoms with van der Waals surface area (Å²) >= 11 is 0. The van der Waals surface area contributed by atoms with E-state index in [4.69, 9.17) is 4.42 Å². The number of benzene rings is 1. The Morgan fingerprint density at radius 2 is 1.87 bits per heavy atom. The Morgan fingerprint density at radius 3 is 2.57 bits per heavy atom. The first kappa shape index (κ1) is 20.0. The predicted octanol–water partition coefficient (Wildman–Crippen LogP) is 2.80. The maximum absolute atomic E-state index is 13.3. The number of furan rings is 1. The van der Waals surface area contributed by atoms with Gasteiger partial charge in [0.25, 0.3) is 11.8 Å². The summed E-state index contributed by atoms with van der Waals surface area (Å²) in [7, 11) is 2.04. The van der Waals surface area contributed by atoms with Gasteiger partial charge in [0.2, 0.25) is 0 Å². The first-order valence-corrected chi connectivity index (χ1v) is 10.2. The summed E-state index contributed by atoms with van der Waals surface area (Å²) in [4.78, 5) is 29.9. The number of piperazine rings is 1. The molecule has 1 aliphatic heterocycles. The first-order valence-electron chi connectivity index (χ1n) is 10.2. The standard InChI is InChI=1S/C23H26N4O3/c1-3-26-16-17(18-7-4-5-8-20(18)26)15-19(24-22(28)21-9-6-14-30-21)23(29)27-12-10-25(2)11-13-27/h4-9,14-16H,3,10-13H2,1-2H3,(H,24,28)/b19-15-. The number of para-hydroxylation sites is 1. The molecule has 0 aliphatic carbocycles. The second kappa shape index (κ2) is 8.59. The number of likely N-dealkylation sites (N-methyl/N-ethyl adjacent to an activating group) is 1. The van der Waals surface area contributed by atoms with Crippen LogP contribution in [-0.4, -0.2) is 59.4 Å². The van der Waals surface area contributed by atoms with Crippen LogP contribution in [0.25, 0.3) is 17.0 Å². The minimum atomic E-state index is -0.437. The van der Waals surface area contributed by atoms with Crippen LogP contribution < -0.4 is 5.32 Å². The van der Waals surface area contributed by atoms with Crippen molar-refractivity contribution in [2.75, 3.05) is 33.2 Å². The van der Waals surface area contributed by atoms with Crippen LogP contribution in [0.4, 0.5) is 0 Å². The molecule has 1 aliphatic rings. The van der Waals surface area contributed by atoms with Crippen LogP contribution >= 0.6 is 0 Å². The van der Waals surface area contributed by atoms with E-state index in [0.29, 0.717) is 13.1 Å². The molecule has 2 aromatic heterocycles. The fourth-order valence-electron chi connectivity index (χ4n) is 3.73. The van der Waals surface area contributed by atoms with Crippen molar-refractivity contribution < 1.29 is 14.0 Å². The van der Waals surface area contributed by atoms with Crippen molar-refractivity contribution in [2.24, 2.45) is 0 Å². The molecular formula is C23H26N4O3. The highest BCUT2D eigenvalue weighted by atomic mass is 16.3. The van der Waals surface area contributed by atoms with E-state index in [1.807, 2.05) is 31.4 Å². The Bertz CT molecular complexity index is 1070. The Balaban J connectivity index is 1.71. The van der Waals surface area contributed by atoms with Crippen LogP contribution in [0.1, 0.15) is 23.0 Å². The van der Waals surface area contributed by atoms with Gasteiger partial charge in [0.05, 0.1) is 6.26 Å². The Labute approximate surface area is 175 Å². The molecule has 1 aromatic carbocycles. The van der Waals surface area contributed by atoms with E-state index in [0.717, 1.165) is 36.1 Å². The minimum Gasteiger partial charge on any atom is -0.459 e. The number of nitrogens with zero attached hydrogens (tertiary/aromatic N) is 3. The zero-order valence-corrected chi connectivity index (χ0v) is 17.3. The van der Waals surface area contributed by atoms with Gasteiger partial charge >= 0.3 is 0 Å². The van der Waals surface area contributed by atoms with Crippen molar-refractivity contribution in [1.29, 1.82) is 0 Å². The summed E-state index contributed by atoms with van der Waals surface area (Å²) in [5, 5.41) is 3.82. The number of carbonyl (C=O) groups is 2. The lowest BCUT2D eigenvalue weighted by atomic mass is 10.1. The fraction of sp³-hybridized carbons (Fsp3) is 0.304. The molecular weight excluding hydrogens is 380 g/mol. The number of hydrogen-bond donors (Lipinski definition) is 1. The molecule has 0 saturated carbocycles. The van der Waals surface area contributed by atoms with Crippen molar-refractivity contribution in [3.8, 4) is 0 Å². The third kappa shape index (κ3) is 4.02. The third-order valence-corrected chi connectivity index (χ3v) is 5.47. The second-order valence-corrected chi connectivity index (χ2v) is 7.47. The average Bonchev–Trinajstić information content (AvgIpc) is 3.42. The van der Waals surface area contributed by atoms with E-state index in [2.05, 4.69) is 27.8 Å². The summed E-state index contributed by atoms with van der Waals surface area (Å²) in [6.45, 7) is 5.75. The maximum Gasteiger partial charge on any atom is 0.291 e. The maximum atomic E-state index is 13.3. The monoisotopic (exact) mass is 406 g/mol. The average molecular weight is 406 g/mol. The first-order chi connectivity index (χ1) is 14.6. The molecule has 4 rings (SSSR count). The highest BCUT2D eigenvalue weighted by molar-refractivity contribution is 6.06. The fourth-order valence-corrected chi connectivity index (χ4v) is 3.73. The number of nitrogens with one attached hydrogen (secondary N) is 1. The normalized spacial score (nSPS) is 15.5. The highest BCUT2D eigenvalue weighted by Gasteiger charge is 2.25. The zero-order valence-electron chi connectivity index (χ0n) is 17.3. The van der Waals surface area contributed by atoms with Crippen LogP contribution in [-0.2, 0) is 11.3 Å². The molecule has 3 heterocycles. The molecule has 7 heteroatoms. The number of hydrogen-bond acceptors (Lipinski definition) is 4. The van der Waals surface area contributed by atoms with Crippen molar-refractivity contribution in [3.05, 3.63) is 65.9 Å². The lowest BCUT2D eigenvalue weighted by molar-refractivity contribution is -0.128. The summed E-state index contributed by atoms with van der Waals surface area (Å²) < 4.78 is 7.33. The summed E-state index contributed by atoms with van der Waals surface area (Å²) in [5.41, 5.74) is 2.24. The van der Waals surface area contributed by atoms with Crippen molar-refractivity contribution >= 4 is 28.8 Å². The SMILES string of the molecule is CCn1cc(/C=C(\NC(=O)c2ccco2)C(=O)N2CCN(C)CC2)c2ccccc21. The molecule has 0 atom stereocenters. The van der Waals surface area contributed by atoms with Gasteiger partial charge in [-0.1, -0.05) is 18.2 Å². The van der Waals surface area contributed by atoms with E-state index in [9.17, 15) is 9.59 Å². The van der Waals surface area contributed by atoms with Crippen molar-refractivity contribution in [3.63, 3.8) is 0 Å². The number of carbonyl (C=O) groups excluding carboxylic acids is 2. The lowest BCUT2D eigenvalue weighted by Crippen LogP contribution is -2.49. The van der Waals surface area contributed by atoms with Crippen LogP contribution in [0.3, 0.4) is 0 Å². The van der Waals surface area contributed by atoms with Crippen LogP contribution in [0.15, 0.2) is 59.0 Å². The van der Waals surface area contributed by atoms with Gasteiger partial charge in [-0.05, 0) is 38.2 Å². The van der Waals surface area contributed by atoms with Gasteiger partial charge in [0.15, 0.2) is 5.76 Å². The molecule has 30 heavy (non-hydrogen) atoms. The smallest absolute Gasteiger partial charge is 0.291 e. The Hall–Kier alpha value is -3.32. The highest BCUT2D eigenvalue weighted by Crippen LogP contribution is 2.24. The Morgan fingerprint density at radius 1 is 1.10 bits per heavy atom. The third-order valence-electron chi connectivity index (χ3n) is 5.47. The van der Waals surface area contributed by atoms with E-state index >= 15 is 0 Å². The van der Waals surface area contributed by atoms with E-state index in [1.54, 1.807) is 23.1 Å². The molecule has 2 amide bonds. The molecule has 1 saturated heterocycles. The molecule has 1 fully saturated rings. The molecule has 3 aromatic rings. The summed E-state index contributed by atoms with van der Waals surface area (Å²) in [5.74, 6) is -0.452. The topological polar surface area (TPSA) is 70.7 Å². The van der Waals surface area contributed by atoms with E-state index in [-0.39, 0.29) is 17.4 Å². The van der Waals surface area contributed by atoms with Crippen LogP contribution in [0, 0.1) is 0 Å². The van der Waals surface area contributed by atoms with Crippen LogP contribution in [0.2, 0.25) is 0 Å². The molecule has 156 valence electrons. The van der Waals surface area contributed by atoms with Gasteiger partial charge in [0.1, 0.15) is 5.70 Å². The largest absolute Gasteiger partial charge is 0.459 e. The van der Waals surface area contributed by atoms with Crippen LogP contribution in [0.5, 0.6) is 0 Å². The van der Waals surface area contributed by atoms with Crippen molar-refractivity contribution in [2.45, 2.75) is 13.5 Å². The molecule has 0 bridgehead atoms. The molecule has 0 spiro atoms. The van der Waals surface area contributed by atoms with Crippen molar-refractivity contribution in [1.82, 2.24) is 19.7 Å². The number of aryl methyl sites for hydroxylation is 1. The summed E-state index contributed by atoms with van der Waals surface area (Å²) in [6.07, 6.45) is 5.23. The Kier molecular flexibility index (Phi) is 5.72. The zero-order chi connectivity index (χ0) is 21.1. The van der Waals surface area contributed by atoms with E-state index in [1.165, 1.54) is 6.26 Å². The minimum absolute atomic E-state index is 0.170. The van der Waals surface area contributed by atoms with Gasteiger partial charge < -0.3 is 24.1 Å². The van der Waals surface area contributed by atoms with Gasteiger partial charge in [-0.25, -0.2) is 0 Å². The predicted molar refractivity (Wildman–Crippen MR) is 116 cm³/mol. The number of fused-ring (bicyclic) bond motifs is 1. The lowest BCUT2D eigenvalue weighted by Gasteiger charge is -2.32. The van der Waals surface area contributed by atoms with Gasteiger partial charge in [-0.15, -0.1) is 0 Å². The van der Waals surface area contributed by atoms with Gasteiger partial charge in [0, 0.05) is 55.4 Å². The number of amides is 2.